The Balaban J connectivity index is 1.42. The summed E-state index contributed by atoms with van der Waals surface area (Å²) < 4.78 is 45.0. The molecule has 3 aromatic heterocycles. The maximum absolute atomic E-state index is 13.8. The fraction of sp³-hybridized carbons (Fsp3) is 0.258. The van der Waals surface area contributed by atoms with Gasteiger partial charge in [-0.1, -0.05) is 6.07 Å². The van der Waals surface area contributed by atoms with E-state index in [1.165, 1.54) is 6.07 Å². The minimum atomic E-state index is -4.59. The Morgan fingerprint density at radius 2 is 1.81 bits per heavy atom. The summed E-state index contributed by atoms with van der Waals surface area (Å²) >= 11 is 0. The van der Waals surface area contributed by atoms with Gasteiger partial charge in [0.05, 0.1) is 16.9 Å². The van der Waals surface area contributed by atoms with Gasteiger partial charge < -0.3 is 15.1 Å². The molecule has 0 bridgehead atoms. The molecular weight excluding hydrogens is 543 g/mol. The van der Waals surface area contributed by atoms with Crippen LogP contribution in [-0.4, -0.2) is 64.2 Å². The summed E-state index contributed by atoms with van der Waals surface area (Å²) in [5.74, 6) is -0.625. The molecule has 0 unspecified atom stereocenters. The second kappa shape index (κ2) is 11.7. The number of imidazole rings is 1. The van der Waals surface area contributed by atoms with E-state index < -0.39 is 17.6 Å². The number of nitrogens with zero attached hydrogens (tertiary/aromatic N) is 6. The van der Waals surface area contributed by atoms with Crippen molar-refractivity contribution in [2.45, 2.75) is 19.5 Å². The number of fused-ring (bicyclic) bond motifs is 1. The van der Waals surface area contributed by atoms with E-state index >= 15 is 0 Å². The Hall–Kier alpha value is -4.64. The normalized spacial score (nSPS) is 11.8. The molecule has 0 fully saturated rings. The number of hydrogen-bond acceptors (Lipinski definition) is 5. The van der Waals surface area contributed by atoms with Gasteiger partial charge in [0.25, 0.3) is 5.91 Å². The zero-order valence-corrected chi connectivity index (χ0v) is 23.9. The molecule has 1 N–H and O–H groups in total. The van der Waals surface area contributed by atoms with Crippen LogP contribution < -0.4 is 10.2 Å². The van der Waals surface area contributed by atoms with Gasteiger partial charge in [-0.25, -0.2) is 4.52 Å². The predicted octanol–water partition coefficient (Wildman–Crippen LogP) is 6.15. The third kappa shape index (κ3) is 6.31. The number of anilines is 2. The molecule has 2 aromatic carbocycles. The highest BCUT2D eigenvalue weighted by Gasteiger charge is 2.32. The molecular formula is C31H32F3N7O. The molecule has 1 amide bonds. The van der Waals surface area contributed by atoms with E-state index in [1.807, 2.05) is 67.1 Å². The van der Waals surface area contributed by atoms with Gasteiger partial charge in [-0.05, 0) is 82.0 Å². The zero-order chi connectivity index (χ0) is 30.0. The fourth-order valence-corrected chi connectivity index (χ4v) is 4.77. The molecule has 218 valence electrons. The molecule has 5 rings (SSSR count). The van der Waals surface area contributed by atoms with Gasteiger partial charge >= 0.3 is 6.18 Å². The van der Waals surface area contributed by atoms with E-state index in [-0.39, 0.29) is 5.56 Å². The van der Waals surface area contributed by atoms with Crippen molar-refractivity contribution in [3.05, 3.63) is 96.1 Å². The third-order valence-electron chi connectivity index (χ3n) is 7.05. The highest BCUT2D eigenvalue weighted by Crippen LogP contribution is 2.33. The van der Waals surface area contributed by atoms with Crippen molar-refractivity contribution >= 4 is 22.9 Å². The Bertz CT molecular complexity index is 1710. The van der Waals surface area contributed by atoms with Gasteiger partial charge in [0.2, 0.25) is 0 Å². The summed E-state index contributed by atoms with van der Waals surface area (Å²) in [7, 11) is 5.61. The molecule has 11 heteroatoms. The molecule has 0 saturated heterocycles. The molecule has 0 atom stereocenters. The molecule has 0 aliphatic rings. The summed E-state index contributed by atoms with van der Waals surface area (Å²) in [6, 6.07) is 14.6. The minimum Gasteiger partial charge on any atom is -0.375 e. The van der Waals surface area contributed by atoms with Gasteiger partial charge in [0.15, 0.2) is 0 Å². The third-order valence-corrected chi connectivity index (χ3v) is 7.05. The van der Waals surface area contributed by atoms with Crippen molar-refractivity contribution in [2.24, 2.45) is 0 Å². The summed E-state index contributed by atoms with van der Waals surface area (Å²) in [6.07, 6.45) is 3.32. The summed E-state index contributed by atoms with van der Waals surface area (Å²) in [6.45, 7) is 3.29. The van der Waals surface area contributed by atoms with Crippen LogP contribution in [0, 0.1) is 6.92 Å². The molecule has 3 heterocycles. The number of rotatable bonds is 9. The molecule has 0 saturated carbocycles. The van der Waals surface area contributed by atoms with Gasteiger partial charge in [0, 0.05) is 66.9 Å². The van der Waals surface area contributed by atoms with Crippen molar-refractivity contribution in [1.82, 2.24) is 24.1 Å². The fourth-order valence-electron chi connectivity index (χ4n) is 4.77. The lowest BCUT2D eigenvalue weighted by atomic mass is 10.1. The quantitative estimate of drug-likeness (QED) is 0.228. The number of halogens is 3. The SMILES string of the molecule is Cc1ccc(NC(=O)c2cc(N(C)CCCN(C)C)cc(C(F)(F)F)c2)cc1-n1ccn2nc(-c3cccnc3)cc12. The topological polar surface area (TPSA) is 70.7 Å². The first-order valence-corrected chi connectivity index (χ1v) is 13.5. The first-order chi connectivity index (χ1) is 20.0. The number of carbonyl (C=O) groups is 1. The lowest BCUT2D eigenvalue weighted by Crippen LogP contribution is -2.24. The summed E-state index contributed by atoms with van der Waals surface area (Å²) in [5, 5.41) is 7.43. The van der Waals surface area contributed by atoms with E-state index in [2.05, 4.69) is 15.4 Å². The van der Waals surface area contributed by atoms with Crippen LogP contribution in [0.25, 0.3) is 22.6 Å². The van der Waals surface area contributed by atoms with Crippen LogP contribution in [0.4, 0.5) is 24.5 Å². The Labute approximate surface area is 242 Å². The Morgan fingerprint density at radius 3 is 2.52 bits per heavy atom. The van der Waals surface area contributed by atoms with Gasteiger partial charge in [-0.2, -0.15) is 18.3 Å². The lowest BCUT2D eigenvalue weighted by Gasteiger charge is -2.22. The van der Waals surface area contributed by atoms with E-state index in [0.29, 0.717) is 17.9 Å². The average Bonchev–Trinajstić information content (AvgIpc) is 3.55. The summed E-state index contributed by atoms with van der Waals surface area (Å²) in [5.41, 5.74) is 4.05. The van der Waals surface area contributed by atoms with Crippen molar-refractivity contribution < 1.29 is 18.0 Å². The number of pyridine rings is 1. The van der Waals surface area contributed by atoms with Crippen molar-refractivity contribution in [3.63, 3.8) is 0 Å². The van der Waals surface area contributed by atoms with Crippen molar-refractivity contribution in [2.75, 3.05) is 44.4 Å². The molecule has 0 aliphatic carbocycles. The second-order valence-electron chi connectivity index (χ2n) is 10.5. The Morgan fingerprint density at radius 1 is 1.00 bits per heavy atom. The molecule has 0 spiro atoms. The highest BCUT2D eigenvalue weighted by molar-refractivity contribution is 6.05. The second-order valence-corrected chi connectivity index (χ2v) is 10.5. The van der Waals surface area contributed by atoms with Crippen LogP contribution in [0.5, 0.6) is 0 Å². The minimum absolute atomic E-state index is 0.0679. The molecule has 0 aliphatic heterocycles. The van der Waals surface area contributed by atoms with Gasteiger partial charge in [-0.3, -0.25) is 14.3 Å². The number of aryl methyl sites for hydroxylation is 1. The number of nitrogens with one attached hydrogen (secondary N) is 1. The smallest absolute Gasteiger partial charge is 0.375 e. The van der Waals surface area contributed by atoms with Crippen LogP contribution in [0.15, 0.2) is 79.4 Å². The van der Waals surface area contributed by atoms with Crippen molar-refractivity contribution in [3.8, 4) is 16.9 Å². The Kier molecular flexibility index (Phi) is 8.04. The van der Waals surface area contributed by atoms with E-state index in [9.17, 15) is 18.0 Å². The first-order valence-electron chi connectivity index (χ1n) is 13.5. The number of amides is 1. The molecule has 8 nitrogen and oxygen atoms in total. The predicted molar refractivity (Wildman–Crippen MR) is 158 cm³/mol. The van der Waals surface area contributed by atoms with Crippen LogP contribution in [0.2, 0.25) is 0 Å². The highest BCUT2D eigenvalue weighted by atomic mass is 19.4. The van der Waals surface area contributed by atoms with Crippen LogP contribution in [0.3, 0.4) is 0 Å². The number of carbonyl (C=O) groups excluding carboxylic acids is 1. The van der Waals surface area contributed by atoms with Crippen molar-refractivity contribution in [1.29, 1.82) is 0 Å². The monoisotopic (exact) mass is 575 g/mol. The maximum atomic E-state index is 13.8. The number of benzene rings is 2. The van der Waals surface area contributed by atoms with E-state index in [1.54, 1.807) is 41.0 Å². The number of alkyl halides is 3. The summed E-state index contributed by atoms with van der Waals surface area (Å²) in [4.78, 5) is 21.2. The molecule has 42 heavy (non-hydrogen) atoms. The van der Waals surface area contributed by atoms with E-state index in [4.69, 9.17) is 0 Å². The standard InChI is InChI=1S/C31H32F3N7O/c1-21-8-9-25(18-28(21)40-13-14-41-29(40)19-27(37-41)22-7-5-10-35-20-22)36-30(42)23-15-24(31(32,33)34)17-26(16-23)39(4)12-6-11-38(2)3/h5,7-10,13-20H,6,11-12H2,1-4H3,(H,36,42). The molecule has 0 radical (unpaired) electrons. The largest absolute Gasteiger partial charge is 0.416 e. The van der Waals surface area contributed by atoms with E-state index in [0.717, 1.165) is 53.3 Å². The van der Waals surface area contributed by atoms with Crippen LogP contribution in [0.1, 0.15) is 27.9 Å². The first kappa shape index (κ1) is 28.9. The van der Waals surface area contributed by atoms with Crippen LogP contribution in [-0.2, 0) is 6.18 Å². The zero-order valence-electron chi connectivity index (χ0n) is 23.9. The van der Waals surface area contributed by atoms with Crippen LogP contribution >= 0.6 is 0 Å². The van der Waals surface area contributed by atoms with Gasteiger partial charge in [-0.15, -0.1) is 0 Å². The number of aromatic nitrogens is 4. The van der Waals surface area contributed by atoms with Gasteiger partial charge in [0.1, 0.15) is 5.65 Å². The maximum Gasteiger partial charge on any atom is 0.416 e. The molecule has 5 aromatic rings. The number of hydrogen-bond donors (Lipinski definition) is 1. The average molecular weight is 576 g/mol. The lowest BCUT2D eigenvalue weighted by molar-refractivity contribution is -0.137.